The first-order chi connectivity index (χ1) is 11.9. The molecule has 2 N–H and O–H groups in total. The molecule has 9 heteroatoms. The molecule has 25 heavy (non-hydrogen) atoms. The van der Waals surface area contributed by atoms with Gasteiger partial charge in [-0.2, -0.15) is 0 Å². The molecule has 132 valence electrons. The van der Waals surface area contributed by atoms with Gasteiger partial charge in [0.2, 0.25) is 15.9 Å². The van der Waals surface area contributed by atoms with Crippen molar-refractivity contribution in [2.75, 3.05) is 25.1 Å². The molecule has 1 heterocycles. The van der Waals surface area contributed by atoms with Crippen LogP contribution in [0.3, 0.4) is 0 Å². The molecule has 1 aliphatic heterocycles. The van der Waals surface area contributed by atoms with Crippen molar-refractivity contribution < 1.29 is 27.1 Å². The monoisotopic (exact) mass is 366 g/mol. The second-order valence-corrected chi connectivity index (χ2v) is 6.96. The van der Waals surface area contributed by atoms with Gasteiger partial charge in [0.15, 0.2) is 11.5 Å². The van der Waals surface area contributed by atoms with E-state index in [9.17, 15) is 17.6 Å². The minimum atomic E-state index is -3.91. The van der Waals surface area contributed by atoms with Gasteiger partial charge in [0, 0.05) is 11.8 Å². The van der Waals surface area contributed by atoms with Crippen LogP contribution in [0.1, 0.15) is 0 Å². The van der Waals surface area contributed by atoms with Crippen LogP contribution in [0.25, 0.3) is 0 Å². The Morgan fingerprint density at radius 1 is 1.08 bits per heavy atom. The quantitative estimate of drug-likeness (QED) is 0.837. The minimum Gasteiger partial charge on any atom is -0.486 e. The summed E-state index contributed by atoms with van der Waals surface area (Å²) in [6, 6.07) is 9.49. The Bertz CT molecular complexity index is 901. The van der Waals surface area contributed by atoms with Gasteiger partial charge < -0.3 is 14.8 Å². The Balaban J connectivity index is 1.64. The molecule has 2 aromatic rings. The van der Waals surface area contributed by atoms with Gasteiger partial charge in [-0.15, -0.1) is 0 Å². The van der Waals surface area contributed by atoms with Crippen LogP contribution in [0.4, 0.5) is 10.1 Å². The summed E-state index contributed by atoms with van der Waals surface area (Å²) in [5, 5.41) is 2.41. The predicted octanol–water partition coefficient (Wildman–Crippen LogP) is 1.51. The van der Waals surface area contributed by atoms with Gasteiger partial charge in [-0.3, -0.25) is 4.79 Å². The highest BCUT2D eigenvalue weighted by atomic mass is 32.2. The number of carbonyl (C=O) groups is 1. The molecule has 0 bridgehead atoms. The Morgan fingerprint density at radius 3 is 2.60 bits per heavy atom. The maximum Gasteiger partial charge on any atom is 0.241 e. The molecule has 7 nitrogen and oxygen atoms in total. The highest BCUT2D eigenvalue weighted by molar-refractivity contribution is 7.89. The largest absolute Gasteiger partial charge is 0.486 e. The average Bonchev–Trinajstić information content (AvgIpc) is 2.60. The van der Waals surface area contributed by atoms with E-state index in [4.69, 9.17) is 9.47 Å². The molecule has 0 aliphatic carbocycles. The molecule has 0 saturated heterocycles. The van der Waals surface area contributed by atoms with Gasteiger partial charge in [0.1, 0.15) is 19.0 Å². The second-order valence-electron chi connectivity index (χ2n) is 5.19. The standard InChI is InChI=1S/C16H15FN2O5S/c17-11-2-1-3-12(8-11)19-16(20)10-18-25(21,22)13-4-5-14-15(9-13)24-7-6-23-14/h1-5,8-9,18H,6-7,10H2,(H,19,20). The van der Waals surface area contributed by atoms with E-state index in [0.717, 1.165) is 6.07 Å². The van der Waals surface area contributed by atoms with Crippen molar-refractivity contribution in [3.8, 4) is 11.5 Å². The Labute approximate surface area is 143 Å². The molecule has 1 aliphatic rings. The number of hydrogen-bond acceptors (Lipinski definition) is 5. The van der Waals surface area contributed by atoms with Gasteiger partial charge in [-0.1, -0.05) is 6.07 Å². The van der Waals surface area contributed by atoms with Crippen LogP contribution in [0, 0.1) is 5.82 Å². The van der Waals surface area contributed by atoms with E-state index in [1.165, 1.54) is 36.4 Å². The highest BCUT2D eigenvalue weighted by Gasteiger charge is 2.20. The molecule has 1 amide bonds. The van der Waals surface area contributed by atoms with Gasteiger partial charge in [0.25, 0.3) is 0 Å². The molecule has 0 unspecified atom stereocenters. The van der Waals surface area contributed by atoms with Crippen LogP contribution in [0.5, 0.6) is 11.5 Å². The van der Waals surface area contributed by atoms with E-state index in [1.807, 2.05) is 0 Å². The lowest BCUT2D eigenvalue weighted by atomic mass is 10.3. The molecule has 0 fully saturated rings. The number of sulfonamides is 1. The molecule has 2 aromatic carbocycles. The van der Waals surface area contributed by atoms with Crippen molar-refractivity contribution in [1.29, 1.82) is 0 Å². The van der Waals surface area contributed by atoms with E-state index in [1.54, 1.807) is 0 Å². The molecular weight excluding hydrogens is 351 g/mol. The minimum absolute atomic E-state index is 0.0460. The smallest absolute Gasteiger partial charge is 0.241 e. The number of ether oxygens (including phenoxy) is 2. The van der Waals surface area contributed by atoms with Crippen LogP contribution in [-0.2, 0) is 14.8 Å². The van der Waals surface area contributed by atoms with Crippen molar-refractivity contribution in [2.45, 2.75) is 4.90 Å². The normalized spacial score (nSPS) is 13.3. The van der Waals surface area contributed by atoms with Crippen LogP contribution < -0.4 is 19.5 Å². The van der Waals surface area contributed by atoms with E-state index in [-0.39, 0.29) is 10.6 Å². The van der Waals surface area contributed by atoms with E-state index >= 15 is 0 Å². The number of benzene rings is 2. The van der Waals surface area contributed by atoms with E-state index in [2.05, 4.69) is 10.0 Å². The fourth-order valence-electron chi connectivity index (χ4n) is 2.21. The van der Waals surface area contributed by atoms with E-state index < -0.39 is 28.3 Å². The summed E-state index contributed by atoms with van der Waals surface area (Å²) < 4.78 is 50.5. The Hall–Kier alpha value is -2.65. The second kappa shape index (κ2) is 7.08. The molecule has 0 radical (unpaired) electrons. The molecule has 0 atom stereocenters. The fourth-order valence-corrected chi connectivity index (χ4v) is 3.20. The maximum atomic E-state index is 13.1. The number of rotatable bonds is 5. The summed E-state index contributed by atoms with van der Waals surface area (Å²) in [5.74, 6) is -0.325. The van der Waals surface area contributed by atoms with Gasteiger partial charge >= 0.3 is 0 Å². The predicted molar refractivity (Wildman–Crippen MR) is 87.7 cm³/mol. The van der Waals surface area contributed by atoms with Gasteiger partial charge in [-0.05, 0) is 30.3 Å². The number of carbonyl (C=O) groups excluding carboxylic acids is 1. The van der Waals surface area contributed by atoms with Crippen LogP contribution >= 0.6 is 0 Å². The van der Waals surface area contributed by atoms with Crippen molar-refractivity contribution in [3.05, 3.63) is 48.3 Å². The molecule has 0 saturated carbocycles. The van der Waals surface area contributed by atoms with Crippen molar-refractivity contribution in [3.63, 3.8) is 0 Å². The van der Waals surface area contributed by atoms with Crippen LogP contribution in [-0.4, -0.2) is 34.1 Å². The fraction of sp³-hybridized carbons (Fsp3) is 0.188. The molecule has 3 rings (SSSR count). The number of nitrogens with one attached hydrogen (secondary N) is 2. The number of anilines is 1. The summed E-state index contributed by atoms with van der Waals surface area (Å²) in [6.45, 7) is 0.241. The van der Waals surface area contributed by atoms with Crippen LogP contribution in [0.15, 0.2) is 47.4 Å². The summed E-state index contributed by atoms with van der Waals surface area (Å²) in [6.07, 6.45) is 0. The average molecular weight is 366 g/mol. The SMILES string of the molecule is O=C(CNS(=O)(=O)c1ccc2c(c1)OCCO2)Nc1cccc(F)c1. The summed E-state index contributed by atoms with van der Waals surface area (Å²) >= 11 is 0. The van der Waals surface area contributed by atoms with Crippen molar-refractivity contribution in [2.24, 2.45) is 0 Å². The lowest BCUT2D eigenvalue weighted by molar-refractivity contribution is -0.115. The lowest BCUT2D eigenvalue weighted by Crippen LogP contribution is -2.33. The lowest BCUT2D eigenvalue weighted by Gasteiger charge is -2.18. The third-order valence-electron chi connectivity index (χ3n) is 3.36. The third kappa shape index (κ3) is 4.25. The number of amides is 1. The first kappa shape index (κ1) is 17.2. The topological polar surface area (TPSA) is 93.7 Å². The Morgan fingerprint density at radius 2 is 1.84 bits per heavy atom. The van der Waals surface area contributed by atoms with Gasteiger partial charge in [-0.25, -0.2) is 17.5 Å². The van der Waals surface area contributed by atoms with Crippen LogP contribution in [0.2, 0.25) is 0 Å². The zero-order valence-electron chi connectivity index (χ0n) is 13.0. The zero-order chi connectivity index (χ0) is 17.9. The summed E-state index contributed by atoms with van der Waals surface area (Å²) in [4.78, 5) is 11.8. The van der Waals surface area contributed by atoms with Crippen molar-refractivity contribution >= 4 is 21.6 Å². The Kier molecular flexibility index (Phi) is 4.86. The number of halogens is 1. The molecule has 0 spiro atoms. The number of fused-ring (bicyclic) bond motifs is 1. The summed E-state index contributed by atoms with van der Waals surface area (Å²) in [5.41, 5.74) is 0.239. The maximum absolute atomic E-state index is 13.1. The molecule has 0 aromatic heterocycles. The first-order valence-corrected chi connectivity index (χ1v) is 8.87. The van der Waals surface area contributed by atoms with E-state index in [0.29, 0.717) is 24.7 Å². The molecular formula is C16H15FN2O5S. The van der Waals surface area contributed by atoms with Crippen molar-refractivity contribution in [1.82, 2.24) is 4.72 Å². The third-order valence-corrected chi connectivity index (χ3v) is 4.75. The first-order valence-electron chi connectivity index (χ1n) is 7.39. The summed E-state index contributed by atoms with van der Waals surface area (Å²) in [7, 11) is -3.91. The zero-order valence-corrected chi connectivity index (χ0v) is 13.8. The highest BCUT2D eigenvalue weighted by Crippen LogP contribution is 2.32. The van der Waals surface area contributed by atoms with Gasteiger partial charge in [0.05, 0.1) is 11.4 Å². The number of hydrogen-bond donors (Lipinski definition) is 2.